The number of aromatic nitrogens is 2. The second-order valence-corrected chi connectivity index (χ2v) is 4.25. The van der Waals surface area contributed by atoms with E-state index in [1.54, 1.807) is 0 Å². The Bertz CT molecular complexity index is 646. The number of nitriles is 1. The van der Waals surface area contributed by atoms with Crippen LogP contribution >= 0.6 is 0 Å². The highest BCUT2D eigenvalue weighted by molar-refractivity contribution is 5.46. The van der Waals surface area contributed by atoms with Crippen LogP contribution in [0.15, 0.2) is 24.4 Å². The number of nitrogen functional groups attached to an aromatic ring is 1. The smallest absolute Gasteiger partial charge is 0.168 e. The second-order valence-electron chi connectivity index (χ2n) is 4.25. The third kappa shape index (κ3) is 2.99. The Hall–Kier alpha value is -2.61. The lowest BCUT2D eigenvalue weighted by molar-refractivity contribution is 0.294. The molecule has 0 saturated heterocycles. The molecule has 0 aliphatic carbocycles. The van der Waals surface area contributed by atoms with Gasteiger partial charge in [0.15, 0.2) is 5.82 Å². The maximum absolute atomic E-state index is 8.74. The fourth-order valence-corrected chi connectivity index (χ4v) is 1.69. The summed E-state index contributed by atoms with van der Waals surface area (Å²) in [5.41, 5.74) is 8.14. The SMILES string of the molecule is Cc1ccc(OCc2ncc(C#N)c(N)n2)c(C)c1. The number of nitrogens with zero attached hydrogens (tertiary/aromatic N) is 3. The van der Waals surface area contributed by atoms with E-state index in [-0.39, 0.29) is 18.0 Å². The summed E-state index contributed by atoms with van der Waals surface area (Å²) in [5, 5.41) is 8.74. The van der Waals surface area contributed by atoms with Crippen LogP contribution in [-0.4, -0.2) is 9.97 Å². The van der Waals surface area contributed by atoms with Crippen LogP contribution in [0, 0.1) is 25.2 Å². The molecule has 0 radical (unpaired) electrons. The summed E-state index contributed by atoms with van der Waals surface area (Å²) in [4.78, 5) is 8.06. The van der Waals surface area contributed by atoms with Crippen molar-refractivity contribution in [3.63, 3.8) is 0 Å². The molecule has 0 aliphatic heterocycles. The molecule has 2 rings (SSSR count). The summed E-state index contributed by atoms with van der Waals surface area (Å²) in [5.74, 6) is 1.42. The van der Waals surface area contributed by atoms with Gasteiger partial charge in [0.1, 0.15) is 29.8 Å². The number of ether oxygens (including phenoxy) is 1. The first-order valence-corrected chi connectivity index (χ1v) is 5.81. The number of hydrogen-bond acceptors (Lipinski definition) is 5. The highest BCUT2D eigenvalue weighted by atomic mass is 16.5. The highest BCUT2D eigenvalue weighted by Gasteiger charge is 2.05. The molecular weight excluding hydrogens is 240 g/mol. The fourth-order valence-electron chi connectivity index (χ4n) is 1.69. The lowest BCUT2D eigenvalue weighted by atomic mass is 10.1. The van der Waals surface area contributed by atoms with Crippen LogP contribution in [0.1, 0.15) is 22.5 Å². The lowest BCUT2D eigenvalue weighted by Crippen LogP contribution is -2.06. The summed E-state index contributed by atoms with van der Waals surface area (Å²) in [6.07, 6.45) is 1.41. The Morgan fingerprint density at radius 2 is 2.16 bits per heavy atom. The van der Waals surface area contributed by atoms with Crippen LogP contribution in [0.5, 0.6) is 5.75 Å². The molecule has 2 N–H and O–H groups in total. The molecule has 0 fully saturated rings. The van der Waals surface area contributed by atoms with Crippen LogP contribution in [0.4, 0.5) is 5.82 Å². The third-order valence-electron chi connectivity index (χ3n) is 2.68. The largest absolute Gasteiger partial charge is 0.485 e. The van der Waals surface area contributed by atoms with E-state index in [2.05, 4.69) is 9.97 Å². The summed E-state index contributed by atoms with van der Waals surface area (Å²) < 4.78 is 5.64. The van der Waals surface area contributed by atoms with Gasteiger partial charge in [0.2, 0.25) is 0 Å². The van der Waals surface area contributed by atoms with Crippen molar-refractivity contribution >= 4 is 5.82 Å². The molecule has 2 aromatic rings. The molecule has 0 unspecified atom stereocenters. The highest BCUT2D eigenvalue weighted by Crippen LogP contribution is 2.19. The molecule has 0 saturated carbocycles. The zero-order chi connectivity index (χ0) is 13.8. The van der Waals surface area contributed by atoms with E-state index in [0.29, 0.717) is 5.82 Å². The van der Waals surface area contributed by atoms with Gasteiger partial charge in [-0.05, 0) is 25.5 Å². The summed E-state index contributed by atoms with van der Waals surface area (Å²) in [6, 6.07) is 7.86. The van der Waals surface area contributed by atoms with Crippen molar-refractivity contribution in [2.45, 2.75) is 20.5 Å². The minimum atomic E-state index is 0.178. The van der Waals surface area contributed by atoms with E-state index < -0.39 is 0 Å². The molecule has 0 amide bonds. The molecular formula is C14H14N4O. The Morgan fingerprint density at radius 1 is 1.37 bits per heavy atom. The first-order chi connectivity index (χ1) is 9.10. The van der Waals surface area contributed by atoms with Gasteiger partial charge in [-0.15, -0.1) is 0 Å². The van der Waals surface area contributed by atoms with Crippen molar-refractivity contribution in [2.75, 3.05) is 5.73 Å². The Labute approximate surface area is 111 Å². The maximum Gasteiger partial charge on any atom is 0.168 e. The first kappa shape index (κ1) is 12.8. The topological polar surface area (TPSA) is 84.8 Å². The zero-order valence-corrected chi connectivity index (χ0v) is 10.8. The molecule has 5 nitrogen and oxygen atoms in total. The zero-order valence-electron chi connectivity index (χ0n) is 10.8. The quantitative estimate of drug-likeness (QED) is 0.906. The number of nitrogens with two attached hydrogens (primary N) is 1. The number of aryl methyl sites for hydroxylation is 2. The predicted molar refractivity (Wildman–Crippen MR) is 71.4 cm³/mol. The summed E-state index contributed by atoms with van der Waals surface area (Å²) >= 11 is 0. The van der Waals surface area contributed by atoms with Gasteiger partial charge in [-0.25, -0.2) is 9.97 Å². The molecule has 19 heavy (non-hydrogen) atoms. The standard InChI is InChI=1S/C14H14N4O/c1-9-3-4-12(10(2)5-9)19-8-13-17-7-11(6-15)14(16)18-13/h3-5,7H,8H2,1-2H3,(H2,16,17,18). The number of anilines is 1. The van der Waals surface area contributed by atoms with E-state index in [9.17, 15) is 0 Å². The van der Waals surface area contributed by atoms with Crippen molar-refractivity contribution in [1.82, 2.24) is 9.97 Å². The van der Waals surface area contributed by atoms with E-state index in [4.69, 9.17) is 15.7 Å². The van der Waals surface area contributed by atoms with Crippen LogP contribution in [0.2, 0.25) is 0 Å². The van der Waals surface area contributed by atoms with Crippen molar-refractivity contribution in [2.24, 2.45) is 0 Å². The van der Waals surface area contributed by atoms with Gasteiger partial charge in [0.25, 0.3) is 0 Å². The minimum Gasteiger partial charge on any atom is -0.485 e. The van der Waals surface area contributed by atoms with Crippen molar-refractivity contribution in [3.05, 3.63) is 46.9 Å². The van der Waals surface area contributed by atoms with Crippen molar-refractivity contribution in [3.8, 4) is 11.8 Å². The second kappa shape index (κ2) is 5.36. The average Bonchev–Trinajstić information content (AvgIpc) is 2.38. The van der Waals surface area contributed by atoms with Crippen molar-refractivity contribution < 1.29 is 4.74 Å². The number of benzene rings is 1. The molecule has 0 spiro atoms. The van der Waals surface area contributed by atoms with Gasteiger partial charge < -0.3 is 10.5 Å². The Kier molecular flexibility index (Phi) is 3.62. The molecule has 96 valence electrons. The summed E-state index contributed by atoms with van der Waals surface area (Å²) in [7, 11) is 0. The first-order valence-electron chi connectivity index (χ1n) is 5.81. The lowest BCUT2D eigenvalue weighted by Gasteiger charge is -2.09. The maximum atomic E-state index is 8.74. The number of hydrogen-bond donors (Lipinski definition) is 1. The normalized spacial score (nSPS) is 9.95. The molecule has 0 aliphatic rings. The molecule has 5 heteroatoms. The fraction of sp³-hybridized carbons (Fsp3) is 0.214. The number of rotatable bonds is 3. The van der Waals surface area contributed by atoms with Gasteiger partial charge >= 0.3 is 0 Å². The van der Waals surface area contributed by atoms with Crippen LogP contribution in [0.3, 0.4) is 0 Å². The molecule has 0 atom stereocenters. The van der Waals surface area contributed by atoms with Gasteiger partial charge in [0, 0.05) is 0 Å². The van der Waals surface area contributed by atoms with Crippen LogP contribution < -0.4 is 10.5 Å². The van der Waals surface area contributed by atoms with E-state index in [0.717, 1.165) is 11.3 Å². The van der Waals surface area contributed by atoms with E-state index >= 15 is 0 Å². The minimum absolute atomic E-state index is 0.178. The molecule has 0 bridgehead atoms. The third-order valence-corrected chi connectivity index (χ3v) is 2.68. The average molecular weight is 254 g/mol. The van der Waals surface area contributed by atoms with E-state index in [1.807, 2.05) is 38.1 Å². The van der Waals surface area contributed by atoms with Gasteiger partial charge in [-0.3, -0.25) is 0 Å². The molecule has 1 aromatic carbocycles. The molecule has 1 heterocycles. The summed E-state index contributed by atoms with van der Waals surface area (Å²) in [6.45, 7) is 4.23. The monoisotopic (exact) mass is 254 g/mol. The van der Waals surface area contributed by atoms with Gasteiger partial charge in [-0.1, -0.05) is 17.7 Å². The predicted octanol–water partition coefficient (Wildman–Crippen LogP) is 2.13. The van der Waals surface area contributed by atoms with Crippen LogP contribution in [0.25, 0.3) is 0 Å². The Morgan fingerprint density at radius 3 is 2.79 bits per heavy atom. The Balaban J connectivity index is 2.10. The van der Waals surface area contributed by atoms with Gasteiger partial charge in [-0.2, -0.15) is 5.26 Å². The van der Waals surface area contributed by atoms with Crippen molar-refractivity contribution in [1.29, 1.82) is 5.26 Å². The van der Waals surface area contributed by atoms with E-state index in [1.165, 1.54) is 11.8 Å². The molecule has 1 aromatic heterocycles. The van der Waals surface area contributed by atoms with Gasteiger partial charge in [0.05, 0.1) is 6.20 Å². The van der Waals surface area contributed by atoms with Crippen LogP contribution in [-0.2, 0) is 6.61 Å².